The summed E-state index contributed by atoms with van der Waals surface area (Å²) in [7, 11) is 3.83. The Morgan fingerprint density at radius 1 is 1.17 bits per heavy atom. The van der Waals surface area contributed by atoms with Gasteiger partial charge >= 0.3 is 0 Å². The van der Waals surface area contributed by atoms with E-state index in [2.05, 4.69) is 21.4 Å². The molecular weight excluding hydrogens is 364 g/mol. The van der Waals surface area contributed by atoms with Crippen LogP contribution in [0.4, 0.5) is 5.82 Å². The number of H-pyrrole nitrogens is 1. The van der Waals surface area contributed by atoms with Crippen LogP contribution in [0.2, 0.25) is 0 Å². The maximum atomic E-state index is 12.9. The summed E-state index contributed by atoms with van der Waals surface area (Å²) in [4.78, 5) is 27.5. The van der Waals surface area contributed by atoms with E-state index in [1.54, 1.807) is 6.33 Å². The van der Waals surface area contributed by atoms with Gasteiger partial charge in [-0.05, 0) is 43.0 Å². The molecule has 1 saturated heterocycles. The number of piperidine rings is 1. The van der Waals surface area contributed by atoms with Crippen LogP contribution >= 0.6 is 0 Å². The van der Waals surface area contributed by atoms with Gasteiger partial charge in [-0.1, -0.05) is 12.1 Å². The molecule has 0 aliphatic carbocycles. The van der Waals surface area contributed by atoms with Crippen molar-refractivity contribution in [2.24, 2.45) is 7.05 Å². The molecule has 0 unspecified atom stereocenters. The molecule has 1 aliphatic rings. The molecule has 1 aromatic carbocycles. The molecule has 0 atom stereocenters. The number of benzene rings is 1. The zero-order valence-electron chi connectivity index (χ0n) is 16.7. The maximum Gasteiger partial charge on any atom is 0.253 e. The highest BCUT2D eigenvalue weighted by Gasteiger charge is 2.19. The van der Waals surface area contributed by atoms with E-state index < -0.39 is 0 Å². The molecule has 0 saturated carbocycles. The van der Waals surface area contributed by atoms with Gasteiger partial charge in [0.15, 0.2) is 5.82 Å². The average molecular weight is 388 g/mol. The van der Waals surface area contributed by atoms with Crippen molar-refractivity contribution in [3.63, 3.8) is 0 Å². The number of hydrogen-bond acceptors (Lipinski definition) is 4. The Kier molecular flexibility index (Phi) is 4.23. The zero-order valence-corrected chi connectivity index (χ0v) is 16.7. The minimum absolute atomic E-state index is 0.118. The largest absolute Gasteiger partial charge is 0.371 e. The topological polar surface area (TPSA) is 78.8 Å². The molecule has 4 aromatic rings. The van der Waals surface area contributed by atoms with Gasteiger partial charge in [0.05, 0.1) is 11.8 Å². The number of carbonyl (C=O) groups is 1. The summed E-state index contributed by atoms with van der Waals surface area (Å²) in [5, 5.41) is 4.14. The molecular formula is C22H24N6O. The first kappa shape index (κ1) is 17.7. The number of nitrogens with zero attached hydrogens (tertiary/aromatic N) is 4. The van der Waals surface area contributed by atoms with E-state index in [4.69, 9.17) is 4.98 Å². The molecule has 1 fully saturated rings. The van der Waals surface area contributed by atoms with Crippen molar-refractivity contribution in [2.45, 2.75) is 19.3 Å². The third-order valence-corrected chi connectivity index (χ3v) is 5.74. The van der Waals surface area contributed by atoms with Crippen LogP contribution in [0.25, 0.3) is 33.3 Å². The average Bonchev–Trinajstić information content (AvgIpc) is 3.37. The van der Waals surface area contributed by atoms with Crippen molar-refractivity contribution >= 4 is 33.8 Å². The highest BCUT2D eigenvalue weighted by molar-refractivity contribution is 6.07. The zero-order chi connectivity index (χ0) is 20.0. The summed E-state index contributed by atoms with van der Waals surface area (Å²) < 4.78 is 2.01. The van der Waals surface area contributed by atoms with E-state index in [1.807, 2.05) is 47.8 Å². The first-order valence-electron chi connectivity index (χ1n) is 10.1. The molecule has 1 amide bonds. The number of pyridine rings is 1. The third kappa shape index (κ3) is 2.93. The number of aryl methyl sites for hydroxylation is 1. The smallest absolute Gasteiger partial charge is 0.253 e. The van der Waals surface area contributed by atoms with Crippen molar-refractivity contribution < 1.29 is 4.79 Å². The first-order chi connectivity index (χ1) is 14.2. The van der Waals surface area contributed by atoms with Gasteiger partial charge < -0.3 is 19.8 Å². The number of hydrogen-bond donors (Lipinski definition) is 2. The number of carbonyl (C=O) groups excluding carboxylic acids is 1. The molecule has 0 bridgehead atoms. The van der Waals surface area contributed by atoms with E-state index in [-0.39, 0.29) is 5.91 Å². The van der Waals surface area contributed by atoms with Gasteiger partial charge in [0.1, 0.15) is 11.2 Å². The molecule has 3 aromatic heterocycles. The summed E-state index contributed by atoms with van der Waals surface area (Å²) in [6.45, 7) is 1.70. The molecule has 29 heavy (non-hydrogen) atoms. The fourth-order valence-corrected chi connectivity index (χ4v) is 4.23. The Morgan fingerprint density at radius 3 is 2.79 bits per heavy atom. The lowest BCUT2D eigenvalue weighted by Crippen LogP contribution is -2.35. The van der Waals surface area contributed by atoms with Gasteiger partial charge in [0, 0.05) is 43.8 Å². The molecule has 7 heteroatoms. The normalized spacial score (nSPS) is 14.6. The molecule has 4 heterocycles. The SMILES string of the molecule is CNc1nc2[nH]c(-c3cccc(C(=O)N4CCCCC4)c3)cc2c2c1ncn2C. The number of nitrogens with one attached hydrogen (secondary N) is 2. The number of imidazole rings is 1. The van der Waals surface area contributed by atoms with Crippen LogP contribution in [0.5, 0.6) is 0 Å². The lowest BCUT2D eigenvalue weighted by molar-refractivity contribution is 0.0724. The van der Waals surface area contributed by atoms with Crippen molar-refractivity contribution in [1.29, 1.82) is 0 Å². The standard InChI is InChI=1S/C22H24N6O/c1-23-21-18-19(27(2)13-24-18)16-12-17(25-20(16)26-21)14-7-6-8-15(11-14)22(29)28-9-4-3-5-10-28/h6-8,11-13H,3-5,9-10H2,1-2H3,(H2,23,25,26). The van der Waals surface area contributed by atoms with Crippen LogP contribution in [0.3, 0.4) is 0 Å². The Morgan fingerprint density at radius 2 is 2.00 bits per heavy atom. The highest BCUT2D eigenvalue weighted by Crippen LogP contribution is 2.32. The summed E-state index contributed by atoms with van der Waals surface area (Å²) in [5.74, 6) is 0.864. The Hall–Kier alpha value is -3.35. The van der Waals surface area contributed by atoms with Gasteiger partial charge in [-0.25, -0.2) is 9.97 Å². The van der Waals surface area contributed by atoms with Crippen molar-refractivity contribution in [1.82, 2.24) is 24.4 Å². The Balaban J connectivity index is 1.58. The minimum Gasteiger partial charge on any atom is -0.371 e. The van der Waals surface area contributed by atoms with Crippen LogP contribution in [0.15, 0.2) is 36.7 Å². The second-order valence-electron chi connectivity index (χ2n) is 7.64. The van der Waals surface area contributed by atoms with Gasteiger partial charge in [-0.15, -0.1) is 0 Å². The van der Waals surface area contributed by atoms with E-state index in [1.165, 1.54) is 6.42 Å². The predicted octanol–water partition coefficient (Wildman–Crippen LogP) is 3.78. The van der Waals surface area contributed by atoms with Crippen LogP contribution < -0.4 is 5.32 Å². The van der Waals surface area contributed by atoms with Gasteiger partial charge in [-0.3, -0.25) is 4.79 Å². The van der Waals surface area contributed by atoms with E-state index in [9.17, 15) is 4.79 Å². The van der Waals surface area contributed by atoms with Crippen molar-refractivity contribution in [3.8, 4) is 11.3 Å². The first-order valence-corrected chi connectivity index (χ1v) is 10.1. The highest BCUT2D eigenvalue weighted by atomic mass is 16.2. The van der Waals surface area contributed by atoms with Crippen molar-refractivity contribution in [2.75, 3.05) is 25.5 Å². The minimum atomic E-state index is 0.118. The van der Waals surface area contributed by atoms with Crippen LogP contribution in [0.1, 0.15) is 29.6 Å². The van der Waals surface area contributed by atoms with Gasteiger partial charge in [0.2, 0.25) is 0 Å². The summed E-state index contributed by atoms with van der Waals surface area (Å²) in [6.07, 6.45) is 5.20. The van der Waals surface area contributed by atoms with Crippen LogP contribution in [-0.2, 0) is 7.05 Å². The predicted molar refractivity (Wildman–Crippen MR) is 115 cm³/mol. The number of aromatic amines is 1. The number of rotatable bonds is 3. The van der Waals surface area contributed by atoms with E-state index in [0.717, 1.165) is 70.6 Å². The number of fused-ring (bicyclic) bond motifs is 3. The van der Waals surface area contributed by atoms with Gasteiger partial charge in [0.25, 0.3) is 5.91 Å². The monoisotopic (exact) mass is 388 g/mol. The maximum absolute atomic E-state index is 12.9. The lowest BCUT2D eigenvalue weighted by Gasteiger charge is -2.26. The molecule has 2 N–H and O–H groups in total. The molecule has 0 radical (unpaired) electrons. The van der Waals surface area contributed by atoms with Crippen LogP contribution in [-0.4, -0.2) is 50.5 Å². The van der Waals surface area contributed by atoms with Crippen LogP contribution in [0, 0.1) is 0 Å². The molecule has 5 rings (SSSR count). The van der Waals surface area contributed by atoms with Gasteiger partial charge in [-0.2, -0.15) is 0 Å². The molecule has 148 valence electrons. The number of amides is 1. The second kappa shape index (κ2) is 6.92. The summed E-state index contributed by atoms with van der Waals surface area (Å²) >= 11 is 0. The molecule has 0 spiro atoms. The summed E-state index contributed by atoms with van der Waals surface area (Å²) in [5.41, 5.74) is 5.33. The number of aromatic nitrogens is 4. The lowest BCUT2D eigenvalue weighted by atomic mass is 10.1. The quantitative estimate of drug-likeness (QED) is 0.560. The summed E-state index contributed by atoms with van der Waals surface area (Å²) in [6, 6.07) is 9.94. The second-order valence-corrected chi connectivity index (χ2v) is 7.64. The molecule has 1 aliphatic heterocycles. The third-order valence-electron chi connectivity index (χ3n) is 5.74. The Labute approximate surface area is 168 Å². The Bertz CT molecular complexity index is 1210. The fourth-order valence-electron chi connectivity index (χ4n) is 4.23. The van der Waals surface area contributed by atoms with Crippen molar-refractivity contribution in [3.05, 3.63) is 42.2 Å². The molecule has 7 nitrogen and oxygen atoms in total. The fraction of sp³-hybridized carbons (Fsp3) is 0.318. The van der Waals surface area contributed by atoms with E-state index in [0.29, 0.717) is 0 Å². The number of likely N-dealkylation sites (tertiary alicyclic amines) is 1. The number of anilines is 1. The van der Waals surface area contributed by atoms with E-state index >= 15 is 0 Å².